The zero-order valence-corrected chi connectivity index (χ0v) is 20.3. The highest BCUT2D eigenvalue weighted by Crippen LogP contribution is 2.20. The number of carbonyl (C=O) groups excluding carboxylic acids is 1. The van der Waals surface area contributed by atoms with E-state index >= 15 is 0 Å². The van der Waals surface area contributed by atoms with E-state index in [1.54, 1.807) is 6.21 Å². The van der Waals surface area contributed by atoms with Gasteiger partial charge in [-0.25, -0.2) is 0 Å². The summed E-state index contributed by atoms with van der Waals surface area (Å²) in [4.78, 5) is 16.5. The molecule has 2 aromatic rings. The van der Waals surface area contributed by atoms with E-state index in [2.05, 4.69) is 25.4 Å². The molecule has 0 fully saturated rings. The quantitative estimate of drug-likeness (QED) is 0.0855. The largest absolute Gasteiger partial charge is 0.493 e. The molecule has 0 aliphatic heterocycles. The van der Waals surface area contributed by atoms with Gasteiger partial charge in [0.25, 0.3) is 0 Å². The molecule has 0 spiro atoms. The van der Waals surface area contributed by atoms with E-state index in [9.17, 15) is 4.79 Å². The van der Waals surface area contributed by atoms with E-state index < -0.39 is 0 Å². The summed E-state index contributed by atoms with van der Waals surface area (Å²) < 4.78 is 11.2. The van der Waals surface area contributed by atoms with E-state index in [1.807, 2.05) is 54.6 Å². The van der Waals surface area contributed by atoms with Crippen molar-refractivity contribution in [2.24, 2.45) is 10.9 Å². The molecular weight excluding hydrogens is 410 g/mol. The minimum absolute atomic E-state index is 0.168. The third-order valence-corrected chi connectivity index (χ3v) is 5.58. The molecular formula is C29H39NO3. The predicted octanol–water partition coefficient (Wildman–Crippen LogP) is 8.07. The Bertz CT molecular complexity index is 840. The second-order valence-corrected chi connectivity index (χ2v) is 8.57. The maximum absolute atomic E-state index is 12.0. The molecule has 0 amide bonds. The van der Waals surface area contributed by atoms with Crippen LogP contribution in [0, 0.1) is 5.92 Å². The van der Waals surface area contributed by atoms with Crippen LogP contribution in [0.5, 0.6) is 11.5 Å². The first kappa shape index (κ1) is 26.4. The highest BCUT2D eigenvalue weighted by atomic mass is 16.5. The van der Waals surface area contributed by atoms with Crippen molar-refractivity contribution in [3.8, 4) is 11.5 Å². The number of ether oxygens (including phenoxy) is 2. The standard InChI is InChI=1S/C29H39NO3/c1-4-6-7-8-9-10-11-12-13-29(31)33-28-18-14-25(15-19-28)22-30-26-16-20-27(21-17-26)32-23-24(3)5-2/h4,14-22,24H,1,5-13,23H2,2-3H3. The Morgan fingerprint density at radius 2 is 1.58 bits per heavy atom. The van der Waals surface area contributed by atoms with E-state index in [1.165, 1.54) is 25.7 Å². The summed E-state index contributed by atoms with van der Waals surface area (Å²) in [6, 6.07) is 15.2. The predicted molar refractivity (Wildman–Crippen MR) is 138 cm³/mol. The number of hydrogen-bond donors (Lipinski definition) is 0. The van der Waals surface area contributed by atoms with Crippen LogP contribution in [-0.2, 0) is 4.79 Å². The molecule has 2 aromatic carbocycles. The van der Waals surface area contributed by atoms with E-state index in [4.69, 9.17) is 9.47 Å². The average Bonchev–Trinajstić information content (AvgIpc) is 2.84. The first-order chi connectivity index (χ1) is 16.1. The third-order valence-electron chi connectivity index (χ3n) is 5.58. The highest BCUT2D eigenvalue weighted by Gasteiger charge is 2.05. The van der Waals surface area contributed by atoms with Crippen molar-refractivity contribution < 1.29 is 14.3 Å². The zero-order chi connectivity index (χ0) is 23.7. The Balaban J connectivity index is 1.69. The summed E-state index contributed by atoms with van der Waals surface area (Å²) >= 11 is 0. The Morgan fingerprint density at radius 3 is 2.24 bits per heavy atom. The van der Waals surface area contributed by atoms with Crippen LogP contribution >= 0.6 is 0 Å². The SMILES string of the molecule is C=CCCCCCCCCC(=O)Oc1ccc(C=Nc2ccc(OCC(C)CC)cc2)cc1. The molecule has 0 saturated carbocycles. The molecule has 2 rings (SSSR count). The molecule has 0 aliphatic carbocycles. The van der Waals surface area contributed by atoms with Gasteiger partial charge in [-0.3, -0.25) is 9.79 Å². The first-order valence-electron chi connectivity index (χ1n) is 12.3. The van der Waals surface area contributed by atoms with Crippen LogP contribution in [0.4, 0.5) is 5.69 Å². The second kappa shape index (κ2) is 15.8. The number of unbranched alkanes of at least 4 members (excludes halogenated alkanes) is 6. The van der Waals surface area contributed by atoms with Crippen LogP contribution in [0.3, 0.4) is 0 Å². The number of benzene rings is 2. The van der Waals surface area contributed by atoms with Crippen molar-refractivity contribution in [2.45, 2.75) is 71.6 Å². The maximum Gasteiger partial charge on any atom is 0.311 e. The average molecular weight is 450 g/mol. The second-order valence-electron chi connectivity index (χ2n) is 8.57. The van der Waals surface area contributed by atoms with Crippen LogP contribution < -0.4 is 9.47 Å². The van der Waals surface area contributed by atoms with Gasteiger partial charge in [0.1, 0.15) is 11.5 Å². The molecule has 4 nitrogen and oxygen atoms in total. The van der Waals surface area contributed by atoms with Crippen molar-refractivity contribution in [2.75, 3.05) is 6.61 Å². The van der Waals surface area contributed by atoms with Crippen molar-refractivity contribution in [3.63, 3.8) is 0 Å². The molecule has 0 radical (unpaired) electrons. The summed E-state index contributed by atoms with van der Waals surface area (Å²) in [5.74, 6) is 1.82. The highest BCUT2D eigenvalue weighted by molar-refractivity contribution is 5.82. The molecule has 33 heavy (non-hydrogen) atoms. The third kappa shape index (κ3) is 11.5. The lowest BCUT2D eigenvalue weighted by molar-refractivity contribution is -0.134. The molecule has 0 N–H and O–H groups in total. The molecule has 0 heterocycles. The number of aliphatic imine (C=N–C) groups is 1. The minimum atomic E-state index is -0.168. The summed E-state index contributed by atoms with van der Waals surface area (Å²) in [7, 11) is 0. The van der Waals surface area contributed by atoms with Gasteiger partial charge in [-0.15, -0.1) is 6.58 Å². The van der Waals surface area contributed by atoms with Crippen LogP contribution in [0.15, 0.2) is 66.2 Å². The summed E-state index contributed by atoms with van der Waals surface area (Å²) in [5, 5.41) is 0. The molecule has 1 atom stereocenters. The van der Waals surface area contributed by atoms with Gasteiger partial charge in [0.05, 0.1) is 12.3 Å². The van der Waals surface area contributed by atoms with Gasteiger partial charge in [-0.2, -0.15) is 0 Å². The van der Waals surface area contributed by atoms with Crippen molar-refractivity contribution in [1.82, 2.24) is 0 Å². The Hall–Kier alpha value is -2.88. The fraction of sp³-hybridized carbons (Fsp3) is 0.448. The van der Waals surface area contributed by atoms with Crippen molar-refractivity contribution in [3.05, 3.63) is 66.7 Å². The molecule has 0 aromatic heterocycles. The Labute approximate surface area is 199 Å². The maximum atomic E-state index is 12.0. The number of rotatable bonds is 16. The molecule has 178 valence electrons. The topological polar surface area (TPSA) is 47.9 Å². The Kier molecular flexibility index (Phi) is 12.7. The smallest absolute Gasteiger partial charge is 0.311 e. The number of nitrogens with zero attached hydrogens (tertiary/aromatic N) is 1. The summed E-state index contributed by atoms with van der Waals surface area (Å²) in [6.45, 7) is 8.81. The summed E-state index contributed by atoms with van der Waals surface area (Å²) in [6.07, 6.45) is 13.2. The number of allylic oxidation sites excluding steroid dienone is 1. The lowest BCUT2D eigenvalue weighted by atomic mass is 10.1. The van der Waals surface area contributed by atoms with Gasteiger partial charge < -0.3 is 9.47 Å². The Morgan fingerprint density at radius 1 is 0.939 bits per heavy atom. The van der Waals surface area contributed by atoms with Crippen molar-refractivity contribution >= 4 is 17.9 Å². The van der Waals surface area contributed by atoms with Gasteiger partial charge in [0, 0.05) is 12.6 Å². The lowest BCUT2D eigenvalue weighted by Crippen LogP contribution is -2.07. The van der Waals surface area contributed by atoms with Crippen LogP contribution in [0.2, 0.25) is 0 Å². The monoisotopic (exact) mass is 449 g/mol. The van der Waals surface area contributed by atoms with Gasteiger partial charge in [0.15, 0.2) is 0 Å². The fourth-order valence-corrected chi connectivity index (χ4v) is 3.20. The molecule has 0 aliphatic rings. The van der Waals surface area contributed by atoms with Crippen LogP contribution in [0.25, 0.3) is 0 Å². The summed E-state index contributed by atoms with van der Waals surface area (Å²) in [5.41, 5.74) is 1.81. The number of esters is 1. The van der Waals surface area contributed by atoms with Gasteiger partial charge in [-0.1, -0.05) is 52.0 Å². The first-order valence-corrected chi connectivity index (χ1v) is 12.3. The normalized spacial score (nSPS) is 11.9. The van der Waals surface area contributed by atoms with Crippen molar-refractivity contribution in [1.29, 1.82) is 0 Å². The molecule has 4 heteroatoms. The minimum Gasteiger partial charge on any atom is -0.493 e. The van der Waals surface area contributed by atoms with Crippen LogP contribution in [-0.4, -0.2) is 18.8 Å². The van der Waals surface area contributed by atoms with E-state index in [0.717, 1.165) is 49.3 Å². The fourth-order valence-electron chi connectivity index (χ4n) is 3.20. The van der Waals surface area contributed by atoms with E-state index in [-0.39, 0.29) is 5.97 Å². The van der Waals surface area contributed by atoms with Gasteiger partial charge >= 0.3 is 5.97 Å². The molecule has 0 saturated heterocycles. The number of carbonyl (C=O) groups is 1. The van der Waals surface area contributed by atoms with Gasteiger partial charge in [0.2, 0.25) is 0 Å². The molecule has 0 bridgehead atoms. The van der Waals surface area contributed by atoms with Gasteiger partial charge in [-0.05, 0) is 79.3 Å². The van der Waals surface area contributed by atoms with Crippen LogP contribution in [0.1, 0.15) is 77.2 Å². The molecule has 1 unspecified atom stereocenters. The lowest BCUT2D eigenvalue weighted by Gasteiger charge is -2.10. The van der Waals surface area contributed by atoms with E-state index in [0.29, 0.717) is 18.1 Å². The number of hydrogen-bond acceptors (Lipinski definition) is 4. The zero-order valence-electron chi connectivity index (χ0n) is 20.3.